The van der Waals surface area contributed by atoms with E-state index in [1.807, 2.05) is 18.2 Å². The van der Waals surface area contributed by atoms with Gasteiger partial charge in [-0.25, -0.2) is 0 Å². The van der Waals surface area contributed by atoms with Gasteiger partial charge in [-0.15, -0.1) is 0 Å². The fourth-order valence-corrected chi connectivity index (χ4v) is 2.21. The first-order valence-corrected chi connectivity index (χ1v) is 6.59. The molecule has 2 rings (SSSR count). The van der Waals surface area contributed by atoms with Gasteiger partial charge in [0, 0.05) is 0 Å². The van der Waals surface area contributed by atoms with Crippen LogP contribution in [0.4, 0.5) is 0 Å². The van der Waals surface area contributed by atoms with Gasteiger partial charge in [-0.2, -0.15) is 0 Å². The van der Waals surface area contributed by atoms with Crippen LogP contribution < -0.4 is 5.73 Å². The number of rotatable bonds is 4. The van der Waals surface area contributed by atoms with Gasteiger partial charge in [-0.3, -0.25) is 0 Å². The second kappa shape index (κ2) is 5.52. The van der Waals surface area contributed by atoms with E-state index in [-0.39, 0.29) is 6.04 Å². The maximum absolute atomic E-state index is 6.18. The first-order chi connectivity index (χ1) is 8.20. The summed E-state index contributed by atoms with van der Waals surface area (Å²) in [6.07, 6.45) is 2.23. The summed E-state index contributed by atoms with van der Waals surface area (Å²) in [7, 11) is 0. The summed E-state index contributed by atoms with van der Waals surface area (Å²) in [6, 6.07) is 12.0. The minimum atomic E-state index is -0.196. The van der Waals surface area contributed by atoms with E-state index in [0.29, 0.717) is 4.67 Å². The van der Waals surface area contributed by atoms with E-state index in [2.05, 4.69) is 41.1 Å². The maximum atomic E-state index is 6.18. The molecule has 2 aromatic rings. The van der Waals surface area contributed by atoms with Crippen molar-refractivity contribution in [3.8, 4) is 0 Å². The molecule has 3 heteroatoms. The smallest absolute Gasteiger partial charge is 0.169 e. The van der Waals surface area contributed by atoms with Crippen molar-refractivity contribution >= 4 is 15.9 Å². The number of furan rings is 1. The molecule has 90 valence electrons. The molecule has 0 aliphatic rings. The lowest BCUT2D eigenvalue weighted by molar-refractivity contribution is 0.470. The minimum Gasteiger partial charge on any atom is -0.452 e. The zero-order valence-electron chi connectivity index (χ0n) is 9.82. The predicted molar refractivity (Wildman–Crippen MR) is 72.9 cm³/mol. The highest BCUT2D eigenvalue weighted by Crippen LogP contribution is 2.24. The predicted octanol–water partition coefficient (Wildman–Crippen LogP) is 4.04. The van der Waals surface area contributed by atoms with Crippen LogP contribution in [0.25, 0.3) is 0 Å². The lowest BCUT2D eigenvalue weighted by Gasteiger charge is -2.10. The maximum Gasteiger partial charge on any atom is 0.169 e. The van der Waals surface area contributed by atoms with Crippen LogP contribution in [0.1, 0.15) is 36.3 Å². The fraction of sp³-hybridized carbons (Fsp3) is 0.286. The molecule has 0 fully saturated rings. The Morgan fingerprint density at radius 2 is 2.12 bits per heavy atom. The fourth-order valence-electron chi connectivity index (χ4n) is 1.89. The van der Waals surface area contributed by atoms with Crippen LogP contribution in [0.15, 0.2) is 45.5 Å². The Balaban J connectivity index is 2.24. The molecule has 1 aromatic carbocycles. The third-order valence-corrected chi connectivity index (χ3v) is 3.18. The van der Waals surface area contributed by atoms with Gasteiger partial charge in [0.1, 0.15) is 5.76 Å². The molecule has 2 nitrogen and oxygen atoms in total. The molecule has 0 aliphatic heterocycles. The van der Waals surface area contributed by atoms with Crippen molar-refractivity contribution in [1.82, 2.24) is 0 Å². The molecule has 0 bridgehead atoms. The van der Waals surface area contributed by atoms with E-state index >= 15 is 0 Å². The number of benzene rings is 1. The van der Waals surface area contributed by atoms with E-state index in [1.54, 1.807) is 0 Å². The lowest BCUT2D eigenvalue weighted by atomic mass is 10.0. The minimum absolute atomic E-state index is 0.196. The van der Waals surface area contributed by atoms with E-state index in [9.17, 15) is 0 Å². The number of aryl methyl sites for hydroxylation is 1. The van der Waals surface area contributed by atoms with Crippen LogP contribution in [0.5, 0.6) is 0 Å². The summed E-state index contributed by atoms with van der Waals surface area (Å²) in [4.78, 5) is 0. The van der Waals surface area contributed by atoms with Gasteiger partial charge in [0.25, 0.3) is 0 Å². The van der Waals surface area contributed by atoms with Crippen molar-refractivity contribution in [3.05, 3.63) is 58.0 Å². The summed E-state index contributed by atoms with van der Waals surface area (Å²) < 4.78 is 6.21. The highest BCUT2D eigenvalue weighted by molar-refractivity contribution is 9.10. The summed E-state index contributed by atoms with van der Waals surface area (Å²) >= 11 is 3.29. The second-order valence-electron chi connectivity index (χ2n) is 4.11. The van der Waals surface area contributed by atoms with E-state index in [0.717, 1.165) is 24.2 Å². The molecule has 1 atom stereocenters. The second-order valence-corrected chi connectivity index (χ2v) is 4.90. The van der Waals surface area contributed by atoms with Crippen molar-refractivity contribution < 1.29 is 4.42 Å². The molecular weight excluding hydrogens is 278 g/mol. The lowest BCUT2D eigenvalue weighted by Crippen LogP contribution is -2.11. The molecule has 2 N–H and O–H groups in total. The molecule has 0 aliphatic carbocycles. The summed E-state index contributed by atoms with van der Waals surface area (Å²) in [5.41, 5.74) is 8.60. The summed E-state index contributed by atoms with van der Waals surface area (Å²) in [5.74, 6) is 0.783. The van der Waals surface area contributed by atoms with Crippen molar-refractivity contribution in [2.45, 2.75) is 25.8 Å². The molecule has 0 saturated carbocycles. The van der Waals surface area contributed by atoms with Gasteiger partial charge in [-0.1, -0.05) is 37.6 Å². The quantitative estimate of drug-likeness (QED) is 0.924. The molecule has 0 amide bonds. The van der Waals surface area contributed by atoms with Gasteiger partial charge in [0.2, 0.25) is 0 Å². The first-order valence-electron chi connectivity index (χ1n) is 5.80. The molecule has 1 aromatic heterocycles. The number of hydrogen-bond acceptors (Lipinski definition) is 2. The Morgan fingerprint density at radius 3 is 2.76 bits per heavy atom. The molecule has 0 radical (unpaired) electrons. The Labute approximate surface area is 110 Å². The summed E-state index contributed by atoms with van der Waals surface area (Å²) in [5, 5.41) is 0. The molecule has 0 spiro atoms. The number of nitrogens with two attached hydrogens (primary N) is 1. The Morgan fingerprint density at radius 1 is 1.29 bits per heavy atom. The largest absolute Gasteiger partial charge is 0.452 e. The third-order valence-electron chi connectivity index (χ3n) is 2.75. The topological polar surface area (TPSA) is 39.2 Å². The number of hydrogen-bond donors (Lipinski definition) is 1. The average Bonchev–Trinajstić information content (AvgIpc) is 2.76. The van der Waals surface area contributed by atoms with Gasteiger partial charge < -0.3 is 10.2 Å². The van der Waals surface area contributed by atoms with Gasteiger partial charge >= 0.3 is 0 Å². The summed E-state index contributed by atoms with van der Waals surface area (Å²) in [6.45, 7) is 2.18. The Kier molecular flexibility index (Phi) is 4.02. The molecular formula is C14H16BrNO. The van der Waals surface area contributed by atoms with E-state index in [1.165, 1.54) is 5.56 Å². The average molecular weight is 294 g/mol. The van der Waals surface area contributed by atoms with Crippen LogP contribution in [-0.4, -0.2) is 0 Å². The normalized spacial score (nSPS) is 12.6. The molecule has 1 heterocycles. The van der Waals surface area contributed by atoms with Crippen molar-refractivity contribution in [2.75, 3.05) is 0 Å². The molecule has 0 saturated heterocycles. The van der Waals surface area contributed by atoms with Gasteiger partial charge in [0.05, 0.1) is 6.04 Å². The van der Waals surface area contributed by atoms with Gasteiger partial charge in [0.15, 0.2) is 4.67 Å². The third kappa shape index (κ3) is 2.99. The van der Waals surface area contributed by atoms with Crippen LogP contribution in [-0.2, 0) is 6.42 Å². The van der Waals surface area contributed by atoms with Crippen molar-refractivity contribution in [1.29, 1.82) is 0 Å². The molecule has 1 unspecified atom stereocenters. The highest BCUT2D eigenvalue weighted by Gasteiger charge is 2.13. The standard InChI is InChI=1S/C14H16BrNO/c1-2-4-10-5-3-6-11(9-10)14(16)12-7-8-13(15)17-12/h3,5-9,14H,2,4,16H2,1H3. The van der Waals surface area contributed by atoms with Crippen molar-refractivity contribution in [3.63, 3.8) is 0 Å². The monoisotopic (exact) mass is 293 g/mol. The van der Waals surface area contributed by atoms with E-state index in [4.69, 9.17) is 10.2 Å². The van der Waals surface area contributed by atoms with Crippen LogP contribution >= 0.6 is 15.9 Å². The Hall–Kier alpha value is -1.06. The van der Waals surface area contributed by atoms with E-state index < -0.39 is 0 Å². The van der Waals surface area contributed by atoms with Crippen LogP contribution in [0.2, 0.25) is 0 Å². The van der Waals surface area contributed by atoms with Gasteiger partial charge in [-0.05, 0) is 45.6 Å². The zero-order chi connectivity index (χ0) is 12.3. The van der Waals surface area contributed by atoms with Crippen LogP contribution in [0, 0.1) is 0 Å². The number of halogens is 1. The highest BCUT2D eigenvalue weighted by atomic mass is 79.9. The Bertz CT molecular complexity index is 492. The van der Waals surface area contributed by atoms with Crippen LogP contribution in [0.3, 0.4) is 0 Å². The van der Waals surface area contributed by atoms with Crippen molar-refractivity contribution in [2.24, 2.45) is 5.73 Å². The zero-order valence-corrected chi connectivity index (χ0v) is 11.4. The first kappa shape index (κ1) is 12.4. The SMILES string of the molecule is CCCc1cccc(C(N)c2ccc(Br)o2)c1. The molecule has 17 heavy (non-hydrogen) atoms.